The Morgan fingerprint density at radius 2 is 2.14 bits per heavy atom. The molecule has 1 amide bonds. The molecule has 4 rings (SSSR count). The van der Waals surface area contributed by atoms with Crippen LogP contribution >= 0.6 is 22.9 Å². The molecular weight excluding hydrogens is 398 g/mol. The third-order valence-electron chi connectivity index (χ3n) is 4.74. The van der Waals surface area contributed by atoms with Crippen LogP contribution in [0.3, 0.4) is 0 Å². The topological polar surface area (TPSA) is 80.1 Å². The highest BCUT2D eigenvalue weighted by Crippen LogP contribution is 2.29. The number of benzene rings is 1. The average Bonchev–Trinajstić information content (AvgIpc) is 3.11. The van der Waals surface area contributed by atoms with Crippen molar-refractivity contribution in [2.75, 3.05) is 23.3 Å². The molecular formula is C19H20ClN5O2S. The molecule has 0 bridgehead atoms. The van der Waals surface area contributed by atoms with Gasteiger partial charge in [0, 0.05) is 23.8 Å². The number of nitrogens with zero attached hydrogens (tertiary/aromatic N) is 4. The van der Waals surface area contributed by atoms with Crippen molar-refractivity contribution in [2.45, 2.75) is 26.3 Å². The summed E-state index contributed by atoms with van der Waals surface area (Å²) < 4.78 is 1.80. The van der Waals surface area contributed by atoms with Crippen molar-refractivity contribution in [1.82, 2.24) is 14.5 Å². The van der Waals surface area contributed by atoms with Gasteiger partial charge in [-0.1, -0.05) is 29.9 Å². The zero-order valence-electron chi connectivity index (χ0n) is 15.4. The number of piperidine rings is 1. The van der Waals surface area contributed by atoms with Gasteiger partial charge >= 0.3 is 0 Å². The van der Waals surface area contributed by atoms with Crippen LogP contribution in [0.5, 0.6) is 0 Å². The van der Waals surface area contributed by atoms with Crippen molar-refractivity contribution >= 4 is 50.0 Å². The van der Waals surface area contributed by atoms with E-state index in [-0.39, 0.29) is 18.0 Å². The first-order chi connectivity index (χ1) is 13.5. The summed E-state index contributed by atoms with van der Waals surface area (Å²) in [4.78, 5) is 36.1. The summed E-state index contributed by atoms with van der Waals surface area (Å²) >= 11 is 7.20. The third-order valence-corrected chi connectivity index (χ3v) is 6.09. The summed E-state index contributed by atoms with van der Waals surface area (Å²) in [6.45, 7) is 4.00. The Hall–Kier alpha value is -2.45. The van der Waals surface area contributed by atoms with Crippen molar-refractivity contribution in [2.24, 2.45) is 5.92 Å². The van der Waals surface area contributed by atoms with Crippen LogP contribution < -0.4 is 15.8 Å². The summed E-state index contributed by atoms with van der Waals surface area (Å²) in [5.74, 6) is 0.308. The molecule has 0 radical (unpaired) electrons. The number of thiazole rings is 1. The fraction of sp³-hybridized carbons (Fsp3) is 0.368. The van der Waals surface area contributed by atoms with Crippen molar-refractivity contribution in [3.63, 3.8) is 0 Å². The largest absolute Gasteiger partial charge is 0.348 e. The molecule has 0 aliphatic carbocycles. The lowest BCUT2D eigenvalue weighted by Crippen LogP contribution is -2.34. The van der Waals surface area contributed by atoms with Gasteiger partial charge < -0.3 is 10.2 Å². The van der Waals surface area contributed by atoms with E-state index >= 15 is 0 Å². The van der Waals surface area contributed by atoms with Crippen LogP contribution in [0.2, 0.25) is 5.02 Å². The lowest BCUT2D eigenvalue weighted by molar-refractivity contribution is -0.116. The predicted octanol–water partition coefficient (Wildman–Crippen LogP) is 3.38. The molecule has 146 valence electrons. The van der Waals surface area contributed by atoms with E-state index in [0.717, 1.165) is 24.6 Å². The monoisotopic (exact) mass is 417 g/mol. The number of aromatic nitrogens is 3. The molecule has 1 atom stereocenters. The minimum Gasteiger partial charge on any atom is -0.348 e. The fourth-order valence-electron chi connectivity index (χ4n) is 3.33. The smallest absolute Gasteiger partial charge is 0.273 e. The Labute approximate surface area is 171 Å². The summed E-state index contributed by atoms with van der Waals surface area (Å²) in [5, 5.41) is 4.17. The zero-order valence-corrected chi connectivity index (χ0v) is 17.0. The number of nitrogens with one attached hydrogen (secondary N) is 1. The molecule has 1 aromatic carbocycles. The highest BCUT2D eigenvalue weighted by molar-refractivity contribution is 7.22. The van der Waals surface area contributed by atoms with Crippen LogP contribution in [0.1, 0.15) is 19.8 Å². The molecule has 28 heavy (non-hydrogen) atoms. The quantitative estimate of drug-likeness (QED) is 0.703. The minimum atomic E-state index is -0.305. The fourth-order valence-corrected chi connectivity index (χ4v) is 4.46. The van der Waals surface area contributed by atoms with Crippen LogP contribution in [-0.2, 0) is 11.3 Å². The molecule has 1 saturated heterocycles. The van der Waals surface area contributed by atoms with Crippen LogP contribution in [0.4, 0.5) is 10.8 Å². The maximum Gasteiger partial charge on any atom is 0.273 e. The van der Waals surface area contributed by atoms with Gasteiger partial charge in [0.05, 0.1) is 0 Å². The van der Waals surface area contributed by atoms with Crippen LogP contribution in [0, 0.1) is 5.92 Å². The van der Waals surface area contributed by atoms with Crippen molar-refractivity contribution in [1.29, 1.82) is 0 Å². The van der Waals surface area contributed by atoms with Crippen LogP contribution in [0.15, 0.2) is 35.4 Å². The molecule has 0 spiro atoms. The molecule has 3 heterocycles. The number of amides is 1. The van der Waals surface area contributed by atoms with E-state index in [1.165, 1.54) is 28.7 Å². The van der Waals surface area contributed by atoms with E-state index in [2.05, 4.69) is 27.1 Å². The van der Waals surface area contributed by atoms with Crippen molar-refractivity contribution in [3.05, 3.63) is 46.0 Å². The first kappa shape index (κ1) is 18.9. The Morgan fingerprint density at radius 3 is 2.89 bits per heavy atom. The minimum absolute atomic E-state index is 0.113. The lowest BCUT2D eigenvalue weighted by Gasteiger charge is -2.30. The van der Waals surface area contributed by atoms with E-state index in [4.69, 9.17) is 11.6 Å². The molecule has 3 aromatic rings. The molecule has 0 unspecified atom stereocenters. The van der Waals surface area contributed by atoms with Gasteiger partial charge in [-0.25, -0.2) is 4.98 Å². The molecule has 9 heteroatoms. The number of carbonyl (C=O) groups excluding carboxylic acids is 1. The Morgan fingerprint density at radius 1 is 1.36 bits per heavy atom. The van der Waals surface area contributed by atoms with Gasteiger partial charge in [-0.05, 0) is 43.0 Å². The Bertz CT molecular complexity index is 1060. The van der Waals surface area contributed by atoms with Crippen molar-refractivity contribution < 1.29 is 4.79 Å². The molecule has 1 aliphatic heterocycles. The highest BCUT2D eigenvalue weighted by Gasteiger charge is 2.21. The Kier molecular flexibility index (Phi) is 5.32. The SMILES string of the molecule is C[C@@H]1CCCN(c2nc3ncn(CC(=O)Nc4ccc(Cl)cc4)c(=O)c3s2)C1. The molecule has 1 N–H and O–H groups in total. The Balaban J connectivity index is 1.53. The highest BCUT2D eigenvalue weighted by atomic mass is 35.5. The first-order valence-corrected chi connectivity index (χ1v) is 10.4. The van der Waals surface area contributed by atoms with Gasteiger partial charge in [-0.15, -0.1) is 0 Å². The first-order valence-electron chi connectivity index (χ1n) is 9.16. The maximum atomic E-state index is 12.8. The summed E-state index contributed by atoms with van der Waals surface area (Å²) in [6, 6.07) is 6.80. The second kappa shape index (κ2) is 7.89. The molecule has 1 fully saturated rings. The summed E-state index contributed by atoms with van der Waals surface area (Å²) in [5.41, 5.74) is 0.818. The van der Waals surface area contributed by atoms with Crippen LogP contribution in [0.25, 0.3) is 10.3 Å². The maximum absolute atomic E-state index is 12.8. The van der Waals surface area contributed by atoms with Gasteiger partial charge in [0.2, 0.25) is 5.91 Å². The van der Waals surface area contributed by atoms with E-state index in [0.29, 0.717) is 27.0 Å². The van der Waals surface area contributed by atoms with Gasteiger partial charge in [0.1, 0.15) is 17.6 Å². The summed E-state index contributed by atoms with van der Waals surface area (Å²) in [7, 11) is 0. The number of rotatable bonds is 4. The van der Waals surface area contributed by atoms with E-state index < -0.39 is 0 Å². The zero-order chi connectivity index (χ0) is 19.7. The summed E-state index contributed by atoms with van der Waals surface area (Å²) in [6.07, 6.45) is 3.73. The average molecular weight is 418 g/mol. The van der Waals surface area contributed by atoms with Crippen molar-refractivity contribution in [3.8, 4) is 0 Å². The third kappa shape index (κ3) is 4.02. The predicted molar refractivity (Wildman–Crippen MR) is 112 cm³/mol. The number of anilines is 2. The number of hydrogen-bond donors (Lipinski definition) is 1. The van der Waals surface area contributed by atoms with E-state index in [1.54, 1.807) is 24.3 Å². The number of hydrogen-bond acceptors (Lipinski definition) is 6. The van der Waals surface area contributed by atoms with Crippen LogP contribution in [-0.4, -0.2) is 33.5 Å². The molecule has 0 saturated carbocycles. The second-order valence-corrected chi connectivity index (χ2v) is 8.49. The number of halogens is 1. The molecule has 1 aliphatic rings. The standard InChI is InChI=1S/C19H20ClN5O2S/c1-12-3-2-8-24(9-12)19-23-17-16(28-19)18(27)25(11-21-17)10-15(26)22-14-6-4-13(20)5-7-14/h4-7,11-12H,2-3,8-10H2,1H3,(H,22,26)/t12-/m1/s1. The lowest BCUT2D eigenvalue weighted by atomic mass is 10.0. The van der Waals surface area contributed by atoms with Gasteiger partial charge in [0.15, 0.2) is 10.8 Å². The second-order valence-electron chi connectivity index (χ2n) is 7.08. The normalized spacial score (nSPS) is 17.1. The van der Waals surface area contributed by atoms with E-state index in [1.807, 2.05) is 0 Å². The number of carbonyl (C=O) groups is 1. The number of fused-ring (bicyclic) bond motifs is 1. The van der Waals surface area contributed by atoms with Gasteiger partial charge in [0.25, 0.3) is 5.56 Å². The van der Waals surface area contributed by atoms with Gasteiger partial charge in [-0.3, -0.25) is 14.2 Å². The molecule has 2 aromatic heterocycles. The van der Waals surface area contributed by atoms with Gasteiger partial charge in [-0.2, -0.15) is 4.98 Å². The molecule has 7 nitrogen and oxygen atoms in total. The van der Waals surface area contributed by atoms with E-state index in [9.17, 15) is 9.59 Å².